The molecule has 94 valence electrons. The molecule has 0 fully saturated rings. The van der Waals surface area contributed by atoms with Crippen molar-refractivity contribution in [1.82, 2.24) is 9.88 Å². The minimum atomic E-state index is -0.270. The van der Waals surface area contributed by atoms with Crippen molar-refractivity contribution in [2.45, 2.75) is 17.9 Å². The summed E-state index contributed by atoms with van der Waals surface area (Å²) in [7, 11) is 1.71. The number of nitrogens with zero attached hydrogens (tertiary/aromatic N) is 1. The maximum Gasteiger partial charge on any atom is 0.212 e. The average molecular weight is 256 g/mol. The highest BCUT2D eigenvalue weighted by Gasteiger charge is 2.16. The number of rotatable bonds is 6. The zero-order chi connectivity index (χ0) is 13.0. The molecule has 1 heterocycles. The highest BCUT2D eigenvalue weighted by Crippen LogP contribution is 2.35. The van der Waals surface area contributed by atoms with Crippen LogP contribution in [0.3, 0.4) is 0 Å². The summed E-state index contributed by atoms with van der Waals surface area (Å²) < 4.78 is 1.17. The molecule has 0 aliphatic carbocycles. The first-order valence-corrected chi connectivity index (χ1v) is 6.06. The summed E-state index contributed by atoms with van der Waals surface area (Å²) in [6, 6.07) is 1.17. The third-order valence-electron chi connectivity index (χ3n) is 2.38. The van der Waals surface area contributed by atoms with Gasteiger partial charge < -0.3 is 15.5 Å². The van der Waals surface area contributed by atoms with Gasteiger partial charge >= 0.3 is 0 Å². The molecule has 1 unspecified atom stereocenters. The Hall–Kier alpha value is -1.40. The van der Waals surface area contributed by atoms with Crippen LogP contribution in [0.1, 0.15) is 6.92 Å². The standard InChI is InChI=1S/C11H16N2O3S/c1-4-13-10(15)5-9(11(13)16)17-6-8(12-3)7(2)14/h4-5,8,12,15-16H,1,6H2,2-3H3. The summed E-state index contributed by atoms with van der Waals surface area (Å²) >= 11 is 1.30. The Morgan fingerprint density at radius 3 is 2.76 bits per heavy atom. The van der Waals surface area contributed by atoms with E-state index >= 15 is 0 Å². The fourth-order valence-electron chi connectivity index (χ4n) is 1.34. The molecule has 1 atom stereocenters. The lowest BCUT2D eigenvalue weighted by atomic mass is 10.2. The number of hydrogen-bond acceptors (Lipinski definition) is 5. The maximum atomic E-state index is 11.2. The van der Waals surface area contributed by atoms with Gasteiger partial charge in [0.15, 0.2) is 5.88 Å². The molecule has 0 radical (unpaired) electrons. The van der Waals surface area contributed by atoms with Crippen molar-refractivity contribution in [2.75, 3.05) is 12.8 Å². The van der Waals surface area contributed by atoms with Crippen LogP contribution in [-0.2, 0) is 4.79 Å². The molecule has 17 heavy (non-hydrogen) atoms. The van der Waals surface area contributed by atoms with Crippen LogP contribution in [0.25, 0.3) is 6.20 Å². The van der Waals surface area contributed by atoms with Crippen LogP contribution < -0.4 is 5.32 Å². The van der Waals surface area contributed by atoms with Crippen molar-refractivity contribution in [2.24, 2.45) is 0 Å². The van der Waals surface area contributed by atoms with Crippen molar-refractivity contribution in [3.05, 3.63) is 12.6 Å². The van der Waals surface area contributed by atoms with E-state index < -0.39 is 0 Å². The first-order valence-electron chi connectivity index (χ1n) is 5.07. The van der Waals surface area contributed by atoms with Crippen molar-refractivity contribution >= 4 is 23.7 Å². The largest absolute Gasteiger partial charge is 0.494 e. The summed E-state index contributed by atoms with van der Waals surface area (Å²) in [4.78, 5) is 11.7. The Labute approximate surface area is 104 Å². The molecule has 0 aliphatic rings. The lowest BCUT2D eigenvalue weighted by Gasteiger charge is -2.11. The third kappa shape index (κ3) is 3.04. The molecule has 0 amide bonds. The van der Waals surface area contributed by atoms with Gasteiger partial charge in [0.1, 0.15) is 5.78 Å². The molecule has 0 bridgehead atoms. The van der Waals surface area contributed by atoms with Gasteiger partial charge in [-0.1, -0.05) is 6.58 Å². The lowest BCUT2D eigenvalue weighted by molar-refractivity contribution is -0.118. The SMILES string of the molecule is C=Cn1c(O)cc(SCC(NC)C(C)=O)c1O. The number of ketones is 1. The molecule has 0 spiro atoms. The first-order chi connectivity index (χ1) is 8.01. The Bertz CT molecular complexity index is 429. The van der Waals surface area contributed by atoms with Gasteiger partial charge in [-0.15, -0.1) is 11.8 Å². The Balaban J connectivity index is 2.76. The quantitative estimate of drug-likeness (QED) is 0.668. The average Bonchev–Trinajstić information content (AvgIpc) is 2.54. The first kappa shape index (κ1) is 13.7. The molecule has 0 saturated heterocycles. The predicted octanol–water partition coefficient (Wildman–Crippen LogP) is 1.27. The molecule has 1 aromatic rings. The van der Waals surface area contributed by atoms with E-state index in [0.29, 0.717) is 10.6 Å². The summed E-state index contributed by atoms with van der Waals surface area (Å²) in [5, 5.41) is 22.1. The topological polar surface area (TPSA) is 74.5 Å². The molecule has 6 heteroatoms. The third-order valence-corrected chi connectivity index (χ3v) is 3.49. The number of hydrogen-bond donors (Lipinski definition) is 3. The van der Waals surface area contributed by atoms with Crippen LogP contribution in [0, 0.1) is 0 Å². The lowest BCUT2D eigenvalue weighted by Crippen LogP contribution is -2.34. The van der Waals surface area contributed by atoms with Gasteiger partial charge in [0.05, 0.1) is 10.9 Å². The van der Waals surface area contributed by atoms with E-state index in [1.54, 1.807) is 7.05 Å². The number of carbonyl (C=O) groups excluding carboxylic acids is 1. The van der Waals surface area contributed by atoms with Crippen molar-refractivity contribution < 1.29 is 15.0 Å². The summed E-state index contributed by atoms with van der Waals surface area (Å²) in [6.45, 7) is 4.98. The monoisotopic (exact) mass is 256 g/mol. The van der Waals surface area contributed by atoms with E-state index in [1.165, 1.54) is 35.5 Å². The van der Waals surface area contributed by atoms with Gasteiger partial charge in [-0.3, -0.25) is 9.36 Å². The highest BCUT2D eigenvalue weighted by atomic mass is 32.2. The van der Waals surface area contributed by atoms with Gasteiger partial charge in [0, 0.05) is 18.0 Å². The maximum absolute atomic E-state index is 11.2. The Kier molecular flexibility index (Phi) is 4.65. The molecule has 1 aromatic heterocycles. The number of likely N-dealkylation sites (N-methyl/N-ethyl adjacent to an activating group) is 1. The summed E-state index contributed by atoms with van der Waals surface area (Å²) in [5.41, 5.74) is 0. The van der Waals surface area contributed by atoms with Crippen LogP contribution >= 0.6 is 11.8 Å². The number of aromatic nitrogens is 1. The zero-order valence-corrected chi connectivity index (χ0v) is 10.6. The number of aromatic hydroxyl groups is 2. The van der Waals surface area contributed by atoms with E-state index in [1.807, 2.05) is 0 Å². The Morgan fingerprint density at radius 2 is 2.35 bits per heavy atom. The van der Waals surface area contributed by atoms with Crippen LogP contribution in [-0.4, -0.2) is 39.4 Å². The van der Waals surface area contributed by atoms with E-state index in [0.717, 1.165) is 0 Å². The molecule has 0 aromatic carbocycles. The summed E-state index contributed by atoms with van der Waals surface area (Å²) in [6.07, 6.45) is 1.31. The minimum Gasteiger partial charge on any atom is -0.494 e. The molecular weight excluding hydrogens is 240 g/mol. The number of nitrogens with one attached hydrogen (secondary N) is 1. The van der Waals surface area contributed by atoms with Crippen molar-refractivity contribution in [3.63, 3.8) is 0 Å². The molecule has 3 N–H and O–H groups in total. The van der Waals surface area contributed by atoms with Crippen LogP contribution in [0.2, 0.25) is 0 Å². The normalized spacial score (nSPS) is 12.4. The number of thioether (sulfide) groups is 1. The highest BCUT2D eigenvalue weighted by molar-refractivity contribution is 7.99. The van der Waals surface area contributed by atoms with Gasteiger partial charge in [0.2, 0.25) is 5.88 Å². The van der Waals surface area contributed by atoms with E-state index in [-0.39, 0.29) is 23.6 Å². The molecule has 1 rings (SSSR count). The predicted molar refractivity (Wildman–Crippen MR) is 68.4 cm³/mol. The van der Waals surface area contributed by atoms with Crippen molar-refractivity contribution in [1.29, 1.82) is 0 Å². The smallest absolute Gasteiger partial charge is 0.212 e. The van der Waals surface area contributed by atoms with Gasteiger partial charge in [-0.25, -0.2) is 0 Å². The van der Waals surface area contributed by atoms with Crippen LogP contribution in [0.15, 0.2) is 17.5 Å². The zero-order valence-electron chi connectivity index (χ0n) is 9.80. The second-order valence-corrected chi connectivity index (χ2v) is 4.57. The van der Waals surface area contributed by atoms with E-state index in [9.17, 15) is 15.0 Å². The molecule has 0 saturated carbocycles. The van der Waals surface area contributed by atoms with Gasteiger partial charge in [-0.2, -0.15) is 0 Å². The minimum absolute atomic E-state index is 0.0341. The van der Waals surface area contributed by atoms with Gasteiger partial charge in [0.25, 0.3) is 0 Å². The molecule has 5 nitrogen and oxygen atoms in total. The fourth-order valence-corrected chi connectivity index (χ4v) is 2.51. The van der Waals surface area contributed by atoms with Crippen molar-refractivity contribution in [3.8, 4) is 11.8 Å². The Morgan fingerprint density at radius 1 is 1.71 bits per heavy atom. The fraction of sp³-hybridized carbons (Fsp3) is 0.364. The van der Waals surface area contributed by atoms with Gasteiger partial charge in [-0.05, 0) is 14.0 Å². The second-order valence-electron chi connectivity index (χ2n) is 3.51. The summed E-state index contributed by atoms with van der Waals surface area (Å²) in [5.74, 6) is 0.372. The number of carbonyl (C=O) groups is 1. The number of Topliss-reactive ketones (excluding diaryl/α,β-unsaturated/α-hetero) is 1. The van der Waals surface area contributed by atoms with Crippen LogP contribution in [0.5, 0.6) is 11.8 Å². The second kappa shape index (κ2) is 5.79. The van der Waals surface area contributed by atoms with E-state index in [2.05, 4.69) is 11.9 Å². The van der Waals surface area contributed by atoms with E-state index in [4.69, 9.17) is 0 Å². The molecule has 0 aliphatic heterocycles. The molecular formula is C11H16N2O3S. The van der Waals surface area contributed by atoms with Crippen LogP contribution in [0.4, 0.5) is 0 Å².